The number of aliphatic hydroxyl groups is 1. The lowest BCUT2D eigenvalue weighted by Crippen LogP contribution is -2.31. The highest BCUT2D eigenvalue weighted by Crippen LogP contribution is 2.20. The van der Waals surface area contributed by atoms with Crippen molar-refractivity contribution in [2.45, 2.75) is 77.5 Å². The Morgan fingerprint density at radius 3 is 1.81 bits per heavy atom. The zero-order valence-corrected chi connectivity index (χ0v) is 15.8. The number of hydrogen-bond donors (Lipinski definition) is 1. The summed E-state index contributed by atoms with van der Waals surface area (Å²) >= 11 is 2.28. The Hall–Kier alpha value is 0.570. The summed E-state index contributed by atoms with van der Waals surface area (Å²) in [5, 5.41) is 9.28. The van der Waals surface area contributed by atoms with Crippen LogP contribution in [0.1, 0.15) is 59.3 Å². The van der Waals surface area contributed by atoms with Crippen LogP contribution in [0, 0.1) is 5.92 Å². The molecule has 1 N–H and O–H groups in total. The van der Waals surface area contributed by atoms with Crippen molar-refractivity contribution in [2.24, 2.45) is 5.92 Å². The normalized spacial score (nSPS) is 28.4. The molecule has 0 amide bonds. The van der Waals surface area contributed by atoms with Crippen molar-refractivity contribution in [1.29, 1.82) is 0 Å². The first-order chi connectivity index (χ1) is 9.93. The molecule has 2 heterocycles. The smallest absolute Gasteiger partial charge is 0.160 e. The summed E-state index contributed by atoms with van der Waals surface area (Å²) < 4.78 is 17.7. The number of alkyl halides is 1. The number of ether oxygens (including phenoxy) is 3. The molecule has 5 heteroatoms. The van der Waals surface area contributed by atoms with E-state index in [2.05, 4.69) is 22.6 Å². The van der Waals surface area contributed by atoms with Gasteiger partial charge in [-0.15, -0.1) is 0 Å². The van der Waals surface area contributed by atoms with Gasteiger partial charge in [0.25, 0.3) is 0 Å². The molecule has 2 aliphatic heterocycles. The first-order valence-corrected chi connectivity index (χ1v) is 9.63. The molecule has 21 heavy (non-hydrogen) atoms. The summed E-state index contributed by atoms with van der Waals surface area (Å²) in [7, 11) is 0. The van der Waals surface area contributed by atoms with Crippen LogP contribution in [0.5, 0.6) is 0 Å². The van der Waals surface area contributed by atoms with Crippen LogP contribution < -0.4 is 0 Å². The lowest BCUT2D eigenvalue weighted by atomic mass is 9.95. The van der Waals surface area contributed by atoms with Crippen LogP contribution in [0.3, 0.4) is 0 Å². The third-order valence-corrected chi connectivity index (χ3v) is 5.34. The predicted molar refractivity (Wildman–Crippen MR) is 92.6 cm³/mol. The van der Waals surface area contributed by atoms with Crippen LogP contribution in [0.15, 0.2) is 0 Å². The Labute approximate surface area is 143 Å². The minimum atomic E-state index is -0.499. The van der Waals surface area contributed by atoms with Crippen molar-refractivity contribution >= 4 is 22.6 Å². The number of hydrogen-bond acceptors (Lipinski definition) is 4. The minimum absolute atomic E-state index is 0.00292. The quantitative estimate of drug-likeness (QED) is 0.560. The maximum Gasteiger partial charge on any atom is 0.160 e. The first-order valence-electron chi connectivity index (χ1n) is 8.10. The molecule has 0 aromatic rings. The lowest BCUT2D eigenvalue weighted by molar-refractivity contribution is -0.264. The Morgan fingerprint density at radius 2 is 1.57 bits per heavy atom. The van der Waals surface area contributed by atoms with Gasteiger partial charge in [0.1, 0.15) is 0 Å². The molecule has 2 saturated heterocycles. The van der Waals surface area contributed by atoms with E-state index in [9.17, 15) is 5.11 Å². The number of rotatable bonds is 4. The molecule has 126 valence electrons. The molecule has 0 radical (unpaired) electrons. The summed E-state index contributed by atoms with van der Waals surface area (Å²) in [6, 6.07) is 0. The van der Waals surface area contributed by atoms with Crippen LogP contribution in [0.25, 0.3) is 0 Å². The van der Waals surface area contributed by atoms with E-state index in [4.69, 9.17) is 14.2 Å². The molecular formula is C16H31IO4. The molecule has 0 bridgehead atoms. The largest absolute Gasteiger partial charge is 0.390 e. The monoisotopic (exact) mass is 414 g/mol. The van der Waals surface area contributed by atoms with Gasteiger partial charge in [-0.1, -0.05) is 29.5 Å². The van der Waals surface area contributed by atoms with E-state index in [1.54, 1.807) is 0 Å². The van der Waals surface area contributed by atoms with Gasteiger partial charge < -0.3 is 19.3 Å². The van der Waals surface area contributed by atoms with Crippen molar-refractivity contribution in [2.75, 3.05) is 17.6 Å². The zero-order valence-electron chi connectivity index (χ0n) is 13.6. The molecule has 0 aromatic heterocycles. The van der Waals surface area contributed by atoms with Crippen LogP contribution >= 0.6 is 22.6 Å². The molecule has 2 rings (SSSR count). The molecule has 2 unspecified atom stereocenters. The summed E-state index contributed by atoms with van der Waals surface area (Å²) in [5.41, 5.74) is -0.499. The second-order valence-electron chi connectivity index (χ2n) is 6.44. The molecule has 3 atom stereocenters. The van der Waals surface area contributed by atoms with Crippen LogP contribution in [0.4, 0.5) is 0 Å². The van der Waals surface area contributed by atoms with Gasteiger partial charge in [-0.05, 0) is 58.3 Å². The van der Waals surface area contributed by atoms with E-state index in [0.29, 0.717) is 5.92 Å². The molecule has 0 aromatic carbocycles. The second kappa shape index (κ2) is 10.4. The van der Waals surface area contributed by atoms with Gasteiger partial charge in [-0.3, -0.25) is 0 Å². The predicted octanol–water partition coefficient (Wildman–Crippen LogP) is 3.88. The van der Waals surface area contributed by atoms with Gasteiger partial charge in [0, 0.05) is 17.6 Å². The van der Waals surface area contributed by atoms with Gasteiger partial charge in [-0.25, -0.2) is 0 Å². The average Bonchev–Trinajstić information content (AvgIpc) is 2.48. The van der Waals surface area contributed by atoms with Gasteiger partial charge in [0.2, 0.25) is 0 Å². The Kier molecular flexibility index (Phi) is 9.68. The maximum atomic E-state index is 9.28. The fourth-order valence-corrected chi connectivity index (χ4v) is 3.07. The molecule has 2 aliphatic rings. The molecule has 0 saturated carbocycles. The van der Waals surface area contributed by atoms with Crippen LogP contribution in [0.2, 0.25) is 0 Å². The van der Waals surface area contributed by atoms with Crippen molar-refractivity contribution < 1.29 is 19.3 Å². The lowest BCUT2D eigenvalue weighted by Gasteiger charge is -2.29. The van der Waals surface area contributed by atoms with Crippen molar-refractivity contribution in [1.82, 2.24) is 0 Å². The highest BCUT2D eigenvalue weighted by atomic mass is 127. The average molecular weight is 414 g/mol. The number of halogens is 1. The summed E-state index contributed by atoms with van der Waals surface area (Å²) in [4.78, 5) is 0. The topological polar surface area (TPSA) is 47.9 Å². The fourth-order valence-electron chi connectivity index (χ4n) is 2.00. The van der Waals surface area contributed by atoms with Crippen molar-refractivity contribution in [3.8, 4) is 0 Å². The Morgan fingerprint density at radius 1 is 1.10 bits per heavy atom. The van der Waals surface area contributed by atoms with E-state index >= 15 is 0 Å². The Balaban J connectivity index is 0.000000240. The van der Waals surface area contributed by atoms with Crippen LogP contribution in [-0.2, 0) is 14.2 Å². The van der Waals surface area contributed by atoms with E-state index in [0.717, 1.165) is 30.5 Å². The Bertz CT molecular complexity index is 239. The van der Waals surface area contributed by atoms with E-state index in [1.165, 1.54) is 25.7 Å². The first kappa shape index (κ1) is 19.6. The van der Waals surface area contributed by atoms with Gasteiger partial charge in [0.05, 0.1) is 5.60 Å². The van der Waals surface area contributed by atoms with Gasteiger partial charge in [0.15, 0.2) is 12.6 Å². The molecule has 4 nitrogen and oxygen atoms in total. The third kappa shape index (κ3) is 8.69. The fraction of sp³-hybridized carbons (Fsp3) is 1.00. The van der Waals surface area contributed by atoms with E-state index < -0.39 is 5.60 Å². The summed E-state index contributed by atoms with van der Waals surface area (Å²) in [6.45, 7) is 7.42. The summed E-state index contributed by atoms with van der Waals surface area (Å²) in [5.74, 6) is 0.392. The molecular weight excluding hydrogens is 383 g/mol. The van der Waals surface area contributed by atoms with Gasteiger partial charge >= 0.3 is 0 Å². The maximum absolute atomic E-state index is 9.28. The highest BCUT2D eigenvalue weighted by Gasteiger charge is 2.22. The molecule has 0 aliphatic carbocycles. The summed E-state index contributed by atoms with van der Waals surface area (Å²) in [6.07, 6.45) is 6.83. The van der Waals surface area contributed by atoms with E-state index in [-0.39, 0.29) is 12.6 Å². The van der Waals surface area contributed by atoms with Crippen molar-refractivity contribution in [3.63, 3.8) is 0 Å². The van der Waals surface area contributed by atoms with Crippen LogP contribution in [-0.4, -0.2) is 40.9 Å². The highest BCUT2D eigenvalue weighted by molar-refractivity contribution is 14.1. The molecule has 2 fully saturated rings. The van der Waals surface area contributed by atoms with E-state index in [1.807, 2.05) is 20.8 Å². The molecule has 0 spiro atoms. The zero-order chi connectivity index (χ0) is 15.7. The second-order valence-corrected chi connectivity index (χ2v) is 7.32. The van der Waals surface area contributed by atoms with Crippen molar-refractivity contribution in [3.05, 3.63) is 0 Å². The van der Waals surface area contributed by atoms with Gasteiger partial charge in [-0.2, -0.15) is 0 Å². The third-order valence-electron chi connectivity index (χ3n) is 4.02. The minimum Gasteiger partial charge on any atom is -0.390 e. The standard InChI is InChI=1S/C10H18O3.C6H13IO/c1-3-7-11-9(5-1)13-10-6-2-4-8-12-10;1-5(4-7)6(2,3)8/h9-10H,1-8H2;5,8H,4H2,1-3H3/t;5-/m.1/s1. The SMILES string of the molecule is C1CCC(OC2CCCCO2)OC1.C[C@H](CI)C(C)(C)O.